The number of para-hydroxylation sites is 2. The number of nitro groups is 1. The molecule has 8 heteroatoms. The zero-order chi connectivity index (χ0) is 19.7. The molecule has 0 aliphatic carbocycles. The van der Waals surface area contributed by atoms with E-state index in [0.29, 0.717) is 5.82 Å². The first-order valence-corrected chi connectivity index (χ1v) is 8.48. The van der Waals surface area contributed by atoms with Gasteiger partial charge >= 0.3 is 0 Å². The van der Waals surface area contributed by atoms with Gasteiger partial charge in [-0.05, 0) is 31.0 Å². The van der Waals surface area contributed by atoms with Crippen molar-refractivity contribution in [1.29, 1.82) is 0 Å². The Balaban J connectivity index is 1.93. The second-order valence-electron chi connectivity index (χ2n) is 6.69. The number of aromatic nitrogens is 2. The maximum absolute atomic E-state index is 14.0. The van der Waals surface area contributed by atoms with Crippen LogP contribution in [0.2, 0.25) is 0 Å². The number of halogens is 1. The fraction of sp³-hybridized carbons (Fsp3) is 0.263. The van der Waals surface area contributed by atoms with Crippen molar-refractivity contribution < 1.29 is 14.1 Å². The average Bonchev–Trinajstić information content (AvgIpc) is 3.04. The molecule has 2 N–H and O–H groups in total. The van der Waals surface area contributed by atoms with Crippen molar-refractivity contribution in [2.24, 2.45) is 5.92 Å². The molecule has 0 aliphatic rings. The molecule has 0 aliphatic heterocycles. The van der Waals surface area contributed by atoms with E-state index in [1.807, 2.05) is 38.1 Å². The molecule has 3 rings (SSSR count). The smallest absolute Gasteiger partial charge is 0.276 e. The molecule has 0 saturated carbocycles. The van der Waals surface area contributed by atoms with Crippen molar-refractivity contribution in [1.82, 2.24) is 15.3 Å². The van der Waals surface area contributed by atoms with Crippen LogP contribution in [0.25, 0.3) is 11.0 Å². The number of carbonyl (C=O) groups excluding carboxylic acids is 1. The minimum atomic E-state index is -0.792. The largest absolute Gasteiger partial charge is 0.342 e. The van der Waals surface area contributed by atoms with Gasteiger partial charge in [-0.2, -0.15) is 0 Å². The highest BCUT2D eigenvalue weighted by atomic mass is 19.1. The lowest BCUT2D eigenvalue weighted by molar-refractivity contribution is -0.385. The van der Waals surface area contributed by atoms with Gasteiger partial charge in [0.25, 0.3) is 11.6 Å². The minimum absolute atomic E-state index is 0.0141. The lowest BCUT2D eigenvalue weighted by atomic mass is 10.0. The van der Waals surface area contributed by atoms with E-state index in [4.69, 9.17) is 0 Å². The van der Waals surface area contributed by atoms with Gasteiger partial charge in [-0.1, -0.05) is 26.0 Å². The number of carbonyl (C=O) groups is 1. The predicted octanol–water partition coefficient (Wildman–Crippen LogP) is 4.05. The van der Waals surface area contributed by atoms with Crippen molar-refractivity contribution in [3.8, 4) is 0 Å². The zero-order valence-corrected chi connectivity index (χ0v) is 15.1. The van der Waals surface area contributed by atoms with Crippen molar-refractivity contribution in [3.05, 3.63) is 69.3 Å². The lowest BCUT2D eigenvalue weighted by Gasteiger charge is -2.20. The van der Waals surface area contributed by atoms with Gasteiger partial charge in [0.05, 0.1) is 27.6 Å². The van der Waals surface area contributed by atoms with Gasteiger partial charge in [0.15, 0.2) is 0 Å². The van der Waals surface area contributed by atoms with E-state index >= 15 is 0 Å². The Hall–Kier alpha value is -3.29. The number of amides is 1. The SMILES string of the molecule is Cc1c(F)cc(C(=O)NC(c2nc3ccccc3[nH]2)C(C)C)cc1[N+](=O)[O-]. The number of hydrogen-bond donors (Lipinski definition) is 2. The first kappa shape index (κ1) is 18.5. The second-order valence-corrected chi connectivity index (χ2v) is 6.69. The van der Waals surface area contributed by atoms with E-state index in [9.17, 15) is 19.3 Å². The highest BCUT2D eigenvalue weighted by molar-refractivity contribution is 5.95. The zero-order valence-electron chi connectivity index (χ0n) is 15.1. The molecule has 140 valence electrons. The molecule has 1 atom stereocenters. The molecule has 0 bridgehead atoms. The van der Waals surface area contributed by atoms with Crippen LogP contribution >= 0.6 is 0 Å². The molecule has 27 heavy (non-hydrogen) atoms. The number of fused-ring (bicyclic) bond motifs is 1. The number of imidazole rings is 1. The Morgan fingerprint density at radius 1 is 1.30 bits per heavy atom. The average molecular weight is 370 g/mol. The molecule has 2 aromatic carbocycles. The molecule has 0 spiro atoms. The normalized spacial score (nSPS) is 12.3. The number of nitrogens with zero attached hydrogens (tertiary/aromatic N) is 2. The van der Waals surface area contributed by atoms with Crippen molar-refractivity contribution in [3.63, 3.8) is 0 Å². The molecule has 1 aromatic heterocycles. The quantitative estimate of drug-likeness (QED) is 0.523. The molecule has 1 amide bonds. The van der Waals surface area contributed by atoms with E-state index in [1.165, 1.54) is 6.92 Å². The Bertz CT molecular complexity index is 996. The van der Waals surface area contributed by atoms with Crippen LogP contribution in [-0.4, -0.2) is 20.8 Å². The molecule has 0 fully saturated rings. The summed E-state index contributed by atoms with van der Waals surface area (Å²) in [5.41, 5.74) is 0.972. The molecular weight excluding hydrogens is 351 g/mol. The van der Waals surface area contributed by atoms with Gasteiger partial charge in [-0.15, -0.1) is 0 Å². The number of nitro benzene ring substituents is 1. The first-order chi connectivity index (χ1) is 12.8. The van der Waals surface area contributed by atoms with Crippen LogP contribution in [0, 0.1) is 28.8 Å². The maximum Gasteiger partial charge on any atom is 0.276 e. The molecule has 0 radical (unpaired) electrons. The highest BCUT2D eigenvalue weighted by Crippen LogP contribution is 2.25. The summed E-state index contributed by atoms with van der Waals surface area (Å²) in [4.78, 5) is 30.7. The predicted molar refractivity (Wildman–Crippen MR) is 98.9 cm³/mol. The Labute approximate surface area is 154 Å². The van der Waals surface area contributed by atoms with Crippen molar-refractivity contribution in [2.75, 3.05) is 0 Å². The maximum atomic E-state index is 14.0. The van der Waals surface area contributed by atoms with Crippen LogP contribution in [-0.2, 0) is 0 Å². The fourth-order valence-electron chi connectivity index (χ4n) is 2.88. The number of benzene rings is 2. The summed E-state index contributed by atoms with van der Waals surface area (Å²) in [6.07, 6.45) is 0. The Morgan fingerprint density at radius 3 is 2.63 bits per heavy atom. The number of hydrogen-bond acceptors (Lipinski definition) is 4. The summed E-state index contributed by atoms with van der Waals surface area (Å²) in [6, 6.07) is 9.10. The van der Waals surface area contributed by atoms with Gasteiger partial charge in [-0.3, -0.25) is 14.9 Å². The Morgan fingerprint density at radius 2 is 2.00 bits per heavy atom. The second kappa shape index (κ2) is 7.14. The first-order valence-electron chi connectivity index (χ1n) is 8.48. The summed E-state index contributed by atoms with van der Waals surface area (Å²) in [6.45, 7) is 5.13. The molecule has 1 heterocycles. The van der Waals surface area contributed by atoms with Crippen LogP contribution in [0.4, 0.5) is 10.1 Å². The van der Waals surface area contributed by atoms with Gasteiger partial charge in [0.1, 0.15) is 11.6 Å². The number of H-pyrrole nitrogens is 1. The third-order valence-electron chi connectivity index (χ3n) is 4.43. The van der Waals surface area contributed by atoms with Gasteiger partial charge < -0.3 is 10.3 Å². The number of rotatable bonds is 5. The molecule has 7 nitrogen and oxygen atoms in total. The Kier molecular flexibility index (Phi) is 4.89. The molecular formula is C19H19FN4O3. The summed E-state index contributed by atoms with van der Waals surface area (Å²) in [5.74, 6) is -0.836. The van der Waals surface area contributed by atoms with E-state index in [1.54, 1.807) is 0 Å². The van der Waals surface area contributed by atoms with Crippen molar-refractivity contribution >= 4 is 22.6 Å². The number of nitrogens with one attached hydrogen (secondary N) is 2. The van der Waals surface area contributed by atoms with Crippen LogP contribution in [0.1, 0.15) is 41.6 Å². The van der Waals surface area contributed by atoms with Crippen molar-refractivity contribution in [2.45, 2.75) is 26.8 Å². The van der Waals surface area contributed by atoms with Crippen LogP contribution < -0.4 is 5.32 Å². The van der Waals surface area contributed by atoms with E-state index in [0.717, 1.165) is 23.2 Å². The monoisotopic (exact) mass is 370 g/mol. The molecule has 3 aromatic rings. The number of aromatic amines is 1. The van der Waals surface area contributed by atoms with Gasteiger partial charge in [0.2, 0.25) is 0 Å². The summed E-state index contributed by atoms with van der Waals surface area (Å²) < 4.78 is 14.0. The standard InChI is InChI=1S/C19H19FN4O3/c1-10(2)17(18-21-14-6-4-5-7-15(14)22-18)23-19(25)12-8-13(20)11(3)16(9-12)24(26)27/h4-10,17H,1-3H3,(H,21,22)(H,23,25). The van der Waals surface area contributed by atoms with E-state index < -0.39 is 28.4 Å². The van der Waals surface area contributed by atoms with Gasteiger partial charge in [-0.25, -0.2) is 9.37 Å². The summed E-state index contributed by atoms with van der Waals surface area (Å²) >= 11 is 0. The molecule has 1 unspecified atom stereocenters. The lowest BCUT2D eigenvalue weighted by Crippen LogP contribution is -2.32. The highest BCUT2D eigenvalue weighted by Gasteiger charge is 2.25. The van der Waals surface area contributed by atoms with Gasteiger partial charge in [0, 0.05) is 11.6 Å². The van der Waals surface area contributed by atoms with Crippen LogP contribution in [0.5, 0.6) is 0 Å². The topological polar surface area (TPSA) is 101 Å². The third-order valence-corrected chi connectivity index (χ3v) is 4.43. The summed E-state index contributed by atoms with van der Waals surface area (Å²) in [7, 11) is 0. The van der Waals surface area contributed by atoms with E-state index in [2.05, 4.69) is 15.3 Å². The summed E-state index contributed by atoms with van der Waals surface area (Å²) in [5, 5.41) is 13.9. The fourth-order valence-corrected chi connectivity index (χ4v) is 2.88. The molecule has 0 saturated heterocycles. The third kappa shape index (κ3) is 3.64. The van der Waals surface area contributed by atoms with E-state index in [-0.39, 0.29) is 17.0 Å². The minimum Gasteiger partial charge on any atom is -0.342 e. The van der Waals surface area contributed by atoms with Crippen LogP contribution in [0.3, 0.4) is 0 Å². The van der Waals surface area contributed by atoms with Crippen LogP contribution in [0.15, 0.2) is 36.4 Å².